The number of aromatic amines is 1. The van der Waals surface area contributed by atoms with Gasteiger partial charge >= 0.3 is 6.18 Å². The van der Waals surface area contributed by atoms with E-state index >= 15 is 0 Å². The van der Waals surface area contributed by atoms with Crippen LogP contribution in [0.1, 0.15) is 22.8 Å². The van der Waals surface area contributed by atoms with Crippen molar-refractivity contribution >= 4 is 5.91 Å². The lowest BCUT2D eigenvalue weighted by atomic mass is 10.2. The van der Waals surface area contributed by atoms with Crippen molar-refractivity contribution in [3.8, 4) is 5.75 Å². The van der Waals surface area contributed by atoms with E-state index in [1.165, 1.54) is 30.5 Å². The summed E-state index contributed by atoms with van der Waals surface area (Å²) in [5.74, 6) is -0.816. The maximum atomic E-state index is 12.9. The number of amides is 1. The molecular weight excluding hydrogens is 325 g/mol. The molecule has 0 fully saturated rings. The Bertz CT molecular complexity index is 771. The van der Waals surface area contributed by atoms with Gasteiger partial charge < -0.3 is 15.0 Å². The Hall–Kier alpha value is -2.77. The number of ether oxygens (including phenoxy) is 1. The lowest BCUT2D eigenvalue weighted by Gasteiger charge is -2.17. The normalized spacial score (nSPS) is 12.5. The molecule has 0 bridgehead atoms. The van der Waals surface area contributed by atoms with E-state index in [1.807, 2.05) is 0 Å². The number of aromatic nitrogens is 1. The summed E-state index contributed by atoms with van der Waals surface area (Å²) >= 11 is 0. The Morgan fingerprint density at radius 2 is 2.00 bits per heavy atom. The summed E-state index contributed by atoms with van der Waals surface area (Å²) in [5, 5.41) is 2.55. The number of nitrogens with one attached hydrogen (secondary N) is 2. The van der Waals surface area contributed by atoms with E-state index in [1.54, 1.807) is 6.92 Å². The third-order valence-corrected chi connectivity index (χ3v) is 3.10. The van der Waals surface area contributed by atoms with Crippen molar-refractivity contribution in [2.24, 2.45) is 0 Å². The minimum Gasteiger partial charge on any atom is -0.491 e. The highest BCUT2D eigenvalue weighted by molar-refractivity contribution is 5.94. The number of carbonyl (C=O) groups is 1. The van der Waals surface area contributed by atoms with Crippen LogP contribution < -0.4 is 15.6 Å². The molecule has 128 valence electrons. The smallest absolute Gasteiger partial charge is 0.419 e. The minimum atomic E-state index is -4.52. The van der Waals surface area contributed by atoms with E-state index in [0.717, 1.165) is 12.1 Å². The van der Waals surface area contributed by atoms with Crippen LogP contribution in [0.2, 0.25) is 0 Å². The number of alkyl halides is 3. The number of hydrogen-bond donors (Lipinski definition) is 2. The number of halogens is 3. The number of pyridine rings is 1. The van der Waals surface area contributed by atoms with Gasteiger partial charge in [-0.25, -0.2) is 0 Å². The van der Waals surface area contributed by atoms with Gasteiger partial charge in [0.15, 0.2) is 0 Å². The maximum Gasteiger partial charge on any atom is 0.419 e. The molecule has 0 aliphatic heterocycles. The van der Waals surface area contributed by atoms with E-state index in [9.17, 15) is 22.8 Å². The summed E-state index contributed by atoms with van der Waals surface area (Å²) in [6, 6.07) is 6.84. The first-order valence-corrected chi connectivity index (χ1v) is 7.06. The number of carbonyl (C=O) groups excluding carboxylic acids is 1. The third-order valence-electron chi connectivity index (χ3n) is 3.10. The fraction of sp³-hybridized carbons (Fsp3) is 0.250. The van der Waals surface area contributed by atoms with E-state index in [-0.39, 0.29) is 17.9 Å². The van der Waals surface area contributed by atoms with Gasteiger partial charge in [-0.15, -0.1) is 0 Å². The molecule has 1 atom stereocenters. The molecule has 1 aromatic heterocycles. The van der Waals surface area contributed by atoms with Crippen molar-refractivity contribution in [1.82, 2.24) is 10.3 Å². The van der Waals surface area contributed by atoms with Crippen LogP contribution >= 0.6 is 0 Å². The van der Waals surface area contributed by atoms with Crippen LogP contribution in [0.4, 0.5) is 13.2 Å². The van der Waals surface area contributed by atoms with Gasteiger partial charge in [-0.2, -0.15) is 13.2 Å². The molecule has 8 heteroatoms. The highest BCUT2D eigenvalue weighted by Gasteiger charge is 2.34. The van der Waals surface area contributed by atoms with Crippen LogP contribution in [0.3, 0.4) is 0 Å². The topological polar surface area (TPSA) is 71.2 Å². The first-order chi connectivity index (χ1) is 11.3. The highest BCUT2D eigenvalue weighted by atomic mass is 19.4. The first-order valence-electron chi connectivity index (χ1n) is 7.06. The number of rotatable bonds is 5. The largest absolute Gasteiger partial charge is 0.491 e. The molecule has 1 amide bonds. The summed E-state index contributed by atoms with van der Waals surface area (Å²) in [5.41, 5.74) is -1.15. The Balaban J connectivity index is 1.98. The summed E-state index contributed by atoms with van der Waals surface area (Å²) < 4.78 is 43.8. The van der Waals surface area contributed by atoms with Crippen molar-refractivity contribution in [2.45, 2.75) is 19.1 Å². The second-order valence-corrected chi connectivity index (χ2v) is 5.12. The molecule has 0 unspecified atom stereocenters. The van der Waals surface area contributed by atoms with Crippen LogP contribution in [0.15, 0.2) is 47.4 Å². The minimum absolute atomic E-state index is 0.151. The number of hydrogen-bond acceptors (Lipinski definition) is 3. The van der Waals surface area contributed by atoms with Gasteiger partial charge in [-0.3, -0.25) is 9.59 Å². The number of H-pyrrole nitrogens is 1. The Morgan fingerprint density at radius 1 is 1.29 bits per heavy atom. The maximum absolute atomic E-state index is 12.9. The average Bonchev–Trinajstić information content (AvgIpc) is 2.52. The number of para-hydroxylation sites is 1. The van der Waals surface area contributed by atoms with Gasteiger partial charge in [-0.05, 0) is 25.1 Å². The average molecular weight is 340 g/mol. The zero-order valence-corrected chi connectivity index (χ0v) is 12.7. The summed E-state index contributed by atoms with van der Waals surface area (Å²) in [7, 11) is 0. The molecule has 2 rings (SSSR count). The Kier molecular flexibility index (Phi) is 5.28. The number of benzene rings is 1. The van der Waals surface area contributed by atoms with E-state index < -0.39 is 29.2 Å². The molecule has 5 nitrogen and oxygen atoms in total. The first kappa shape index (κ1) is 17.6. The highest BCUT2D eigenvalue weighted by Crippen LogP contribution is 2.35. The monoisotopic (exact) mass is 340 g/mol. The molecule has 2 aromatic rings. The van der Waals surface area contributed by atoms with E-state index in [4.69, 9.17) is 4.74 Å². The van der Waals surface area contributed by atoms with Gasteiger partial charge in [-0.1, -0.05) is 12.1 Å². The molecule has 2 N–H and O–H groups in total. The molecule has 0 spiro atoms. The summed E-state index contributed by atoms with van der Waals surface area (Å²) in [6.07, 6.45) is -3.19. The van der Waals surface area contributed by atoms with Crippen molar-refractivity contribution in [3.05, 3.63) is 64.1 Å². The quantitative estimate of drug-likeness (QED) is 0.879. The Morgan fingerprint density at radius 3 is 2.67 bits per heavy atom. The molecule has 0 aliphatic rings. The fourth-order valence-corrected chi connectivity index (χ4v) is 1.98. The molecule has 0 saturated carbocycles. The van der Waals surface area contributed by atoms with Crippen LogP contribution in [0, 0.1) is 0 Å². The van der Waals surface area contributed by atoms with E-state index in [2.05, 4.69) is 10.3 Å². The van der Waals surface area contributed by atoms with Gasteiger partial charge in [0.05, 0.1) is 11.6 Å². The van der Waals surface area contributed by atoms with Crippen molar-refractivity contribution in [1.29, 1.82) is 0 Å². The predicted molar refractivity (Wildman–Crippen MR) is 80.9 cm³/mol. The van der Waals surface area contributed by atoms with Crippen LogP contribution in [-0.4, -0.2) is 23.5 Å². The molecule has 1 aromatic carbocycles. The second-order valence-electron chi connectivity index (χ2n) is 5.12. The fourth-order valence-electron chi connectivity index (χ4n) is 1.98. The van der Waals surface area contributed by atoms with Crippen LogP contribution in [0.5, 0.6) is 5.75 Å². The van der Waals surface area contributed by atoms with Crippen LogP contribution in [-0.2, 0) is 6.18 Å². The van der Waals surface area contributed by atoms with Crippen molar-refractivity contribution < 1.29 is 22.7 Å². The lowest BCUT2D eigenvalue weighted by Crippen LogP contribution is -2.37. The van der Waals surface area contributed by atoms with Crippen LogP contribution in [0.25, 0.3) is 0 Å². The third kappa shape index (κ3) is 4.61. The van der Waals surface area contributed by atoms with Gasteiger partial charge in [0.2, 0.25) is 5.56 Å². The van der Waals surface area contributed by atoms with Crippen molar-refractivity contribution in [3.63, 3.8) is 0 Å². The summed E-state index contributed by atoms with van der Waals surface area (Å²) in [4.78, 5) is 25.5. The van der Waals surface area contributed by atoms with Gasteiger partial charge in [0.1, 0.15) is 12.4 Å². The zero-order valence-electron chi connectivity index (χ0n) is 12.7. The zero-order chi connectivity index (χ0) is 17.7. The standard InChI is InChI=1S/C16H15F3N2O3/c1-10(21-15(23)11-6-7-20-14(22)8-11)9-24-13-5-3-2-4-12(13)16(17,18)19/h2-8,10H,9H2,1H3,(H,20,22)(H,21,23)/t10-/m1/s1. The van der Waals surface area contributed by atoms with Crippen molar-refractivity contribution in [2.75, 3.05) is 6.61 Å². The molecule has 1 heterocycles. The second kappa shape index (κ2) is 7.20. The SMILES string of the molecule is C[C@H](COc1ccccc1C(F)(F)F)NC(=O)c1cc[nH]c(=O)c1. The Labute approximate surface area is 135 Å². The molecule has 0 radical (unpaired) electrons. The predicted octanol–water partition coefficient (Wildman–Crippen LogP) is 2.59. The van der Waals surface area contributed by atoms with Gasteiger partial charge in [0.25, 0.3) is 5.91 Å². The van der Waals surface area contributed by atoms with E-state index in [0.29, 0.717) is 0 Å². The molecule has 0 aliphatic carbocycles. The molecule has 0 saturated heterocycles. The molecule has 24 heavy (non-hydrogen) atoms. The van der Waals surface area contributed by atoms with Gasteiger partial charge in [0, 0.05) is 17.8 Å². The molecular formula is C16H15F3N2O3. The lowest BCUT2D eigenvalue weighted by molar-refractivity contribution is -0.139. The summed E-state index contributed by atoms with van der Waals surface area (Å²) in [6.45, 7) is 1.43.